The molecular formula is C14H13F3N4O3. The Balaban J connectivity index is 1.89. The van der Waals surface area contributed by atoms with Gasteiger partial charge in [0.25, 0.3) is 5.91 Å². The summed E-state index contributed by atoms with van der Waals surface area (Å²) in [6.45, 7) is 0.528. The molecule has 1 saturated heterocycles. The van der Waals surface area contributed by atoms with E-state index in [4.69, 9.17) is 5.11 Å². The van der Waals surface area contributed by atoms with E-state index in [-0.39, 0.29) is 5.56 Å². The molecule has 1 fully saturated rings. The van der Waals surface area contributed by atoms with Crippen molar-refractivity contribution in [3.8, 4) is 0 Å². The van der Waals surface area contributed by atoms with E-state index < -0.39 is 43.0 Å². The first-order valence-corrected chi connectivity index (χ1v) is 7.08. The number of aromatic nitrogens is 3. The predicted octanol–water partition coefficient (Wildman–Crippen LogP) is 1.37. The highest BCUT2D eigenvalue weighted by Crippen LogP contribution is 2.38. The molecule has 7 nitrogen and oxygen atoms in total. The summed E-state index contributed by atoms with van der Waals surface area (Å²) in [5.74, 6) is -5.41. The zero-order valence-electron chi connectivity index (χ0n) is 12.5. The molecule has 0 spiro atoms. The topological polar surface area (TPSA) is 87.8 Å². The van der Waals surface area contributed by atoms with Gasteiger partial charge in [-0.3, -0.25) is 14.0 Å². The molecule has 1 amide bonds. The molecule has 2 atom stereocenters. The van der Waals surface area contributed by atoms with E-state index in [1.807, 2.05) is 0 Å². The van der Waals surface area contributed by atoms with Crippen LogP contribution in [0.2, 0.25) is 0 Å². The van der Waals surface area contributed by atoms with Gasteiger partial charge in [0, 0.05) is 19.3 Å². The number of hydrogen-bond donors (Lipinski definition) is 1. The van der Waals surface area contributed by atoms with Crippen molar-refractivity contribution in [1.82, 2.24) is 19.5 Å². The van der Waals surface area contributed by atoms with Gasteiger partial charge in [-0.15, -0.1) is 10.2 Å². The molecule has 1 N–H and O–H groups in total. The number of pyridine rings is 1. The molecule has 24 heavy (non-hydrogen) atoms. The smallest absolute Gasteiger partial charge is 0.394 e. The van der Waals surface area contributed by atoms with Gasteiger partial charge in [0.2, 0.25) is 0 Å². The number of halogens is 3. The van der Waals surface area contributed by atoms with Crippen LogP contribution >= 0.6 is 0 Å². The number of alkyl halides is 3. The minimum atomic E-state index is -4.67. The molecule has 128 valence electrons. The van der Waals surface area contributed by atoms with Crippen LogP contribution in [0.5, 0.6) is 0 Å². The van der Waals surface area contributed by atoms with E-state index in [0.717, 1.165) is 4.90 Å². The first-order chi connectivity index (χ1) is 11.2. The van der Waals surface area contributed by atoms with Crippen molar-refractivity contribution < 1.29 is 27.9 Å². The van der Waals surface area contributed by atoms with Gasteiger partial charge in [0.1, 0.15) is 5.82 Å². The van der Waals surface area contributed by atoms with E-state index in [0.29, 0.717) is 11.5 Å². The zero-order chi connectivity index (χ0) is 17.6. The number of amides is 1. The van der Waals surface area contributed by atoms with Gasteiger partial charge >= 0.3 is 12.1 Å². The van der Waals surface area contributed by atoms with Crippen molar-refractivity contribution in [2.24, 2.45) is 11.8 Å². The van der Waals surface area contributed by atoms with Gasteiger partial charge in [-0.2, -0.15) is 13.2 Å². The summed E-state index contributed by atoms with van der Waals surface area (Å²) in [6, 6.07) is 2.96. The largest absolute Gasteiger partial charge is 0.481 e. The summed E-state index contributed by atoms with van der Waals surface area (Å²) in [5, 5.41) is 16.7. The minimum Gasteiger partial charge on any atom is -0.481 e. The third-order valence-corrected chi connectivity index (χ3v) is 4.16. The molecule has 1 aliphatic rings. The highest BCUT2D eigenvalue weighted by molar-refractivity contribution is 5.95. The van der Waals surface area contributed by atoms with Crippen LogP contribution in [0, 0.1) is 18.8 Å². The lowest BCUT2D eigenvalue weighted by atomic mass is 9.96. The van der Waals surface area contributed by atoms with Crippen molar-refractivity contribution >= 4 is 17.5 Å². The molecule has 0 unspecified atom stereocenters. The molecule has 3 heterocycles. The zero-order valence-corrected chi connectivity index (χ0v) is 12.5. The number of hydrogen-bond acceptors (Lipinski definition) is 4. The molecule has 10 heteroatoms. The SMILES string of the molecule is Cc1nnc2ccc(C(=O)N3C[C@@H](C(F)(F)F)[C@H](C(=O)O)C3)cn12. The molecule has 0 aliphatic carbocycles. The number of carboxylic acid groups (broad SMARTS) is 1. The van der Waals surface area contributed by atoms with Crippen molar-refractivity contribution in [3.05, 3.63) is 29.7 Å². The fourth-order valence-corrected chi connectivity index (χ4v) is 2.87. The van der Waals surface area contributed by atoms with Gasteiger partial charge < -0.3 is 10.0 Å². The van der Waals surface area contributed by atoms with Crippen LogP contribution in [-0.2, 0) is 4.79 Å². The third kappa shape index (κ3) is 2.68. The monoisotopic (exact) mass is 342 g/mol. The Hall–Kier alpha value is -2.65. The van der Waals surface area contributed by atoms with Crippen molar-refractivity contribution in [2.75, 3.05) is 13.1 Å². The van der Waals surface area contributed by atoms with Crippen molar-refractivity contribution in [3.63, 3.8) is 0 Å². The molecule has 0 radical (unpaired) electrons. The molecular weight excluding hydrogens is 329 g/mol. The molecule has 2 aromatic rings. The Morgan fingerprint density at radius 1 is 1.25 bits per heavy atom. The Morgan fingerprint density at radius 2 is 1.96 bits per heavy atom. The number of nitrogens with zero attached hydrogens (tertiary/aromatic N) is 4. The summed E-state index contributed by atoms with van der Waals surface area (Å²) in [6.07, 6.45) is -3.24. The molecule has 0 saturated carbocycles. The second-order valence-electron chi connectivity index (χ2n) is 5.70. The van der Waals surface area contributed by atoms with Gasteiger partial charge in [-0.05, 0) is 19.1 Å². The second-order valence-corrected chi connectivity index (χ2v) is 5.70. The van der Waals surface area contributed by atoms with E-state index in [2.05, 4.69) is 10.2 Å². The number of rotatable bonds is 2. The molecule has 1 aliphatic heterocycles. The van der Waals surface area contributed by atoms with Gasteiger partial charge in [-0.1, -0.05) is 0 Å². The summed E-state index contributed by atoms with van der Waals surface area (Å²) in [5.41, 5.74) is 0.652. The number of likely N-dealkylation sites (tertiary alicyclic amines) is 1. The van der Waals surface area contributed by atoms with Gasteiger partial charge in [0.15, 0.2) is 5.65 Å². The molecule has 0 aromatic carbocycles. The number of carboxylic acids is 1. The molecule has 2 aromatic heterocycles. The predicted molar refractivity (Wildman–Crippen MR) is 74.3 cm³/mol. The van der Waals surface area contributed by atoms with Crippen molar-refractivity contribution in [1.29, 1.82) is 0 Å². The standard InChI is InChI=1S/C14H13F3N4O3/c1-7-18-19-11-3-2-8(4-21(7)11)12(22)20-5-9(13(23)24)10(6-20)14(15,16)17/h2-4,9-10H,5-6H2,1H3,(H,23,24)/t9-,10-/m1/s1. The quantitative estimate of drug-likeness (QED) is 0.891. The van der Waals surface area contributed by atoms with Crippen LogP contribution in [0.4, 0.5) is 13.2 Å². The fourth-order valence-electron chi connectivity index (χ4n) is 2.87. The van der Waals surface area contributed by atoms with Crippen LogP contribution < -0.4 is 0 Å². The number of aliphatic carboxylic acids is 1. The highest BCUT2D eigenvalue weighted by atomic mass is 19.4. The van der Waals surface area contributed by atoms with E-state index in [1.54, 1.807) is 11.3 Å². The maximum atomic E-state index is 13.0. The van der Waals surface area contributed by atoms with Crippen molar-refractivity contribution in [2.45, 2.75) is 13.1 Å². The molecule has 0 bridgehead atoms. The van der Waals surface area contributed by atoms with Gasteiger partial charge in [-0.25, -0.2) is 0 Å². The Kier molecular flexibility index (Phi) is 3.69. The number of aryl methyl sites for hydroxylation is 1. The summed E-state index contributed by atoms with van der Waals surface area (Å²) < 4.78 is 40.6. The van der Waals surface area contributed by atoms with E-state index >= 15 is 0 Å². The minimum absolute atomic E-state index is 0.150. The average molecular weight is 342 g/mol. The van der Waals surface area contributed by atoms with Crippen LogP contribution in [0.25, 0.3) is 5.65 Å². The summed E-state index contributed by atoms with van der Waals surface area (Å²) in [7, 11) is 0. The maximum Gasteiger partial charge on any atom is 0.394 e. The maximum absolute atomic E-state index is 13.0. The van der Waals surface area contributed by atoms with E-state index in [1.165, 1.54) is 18.3 Å². The number of carbonyl (C=O) groups excluding carboxylic acids is 1. The van der Waals surface area contributed by atoms with Crippen LogP contribution in [0.3, 0.4) is 0 Å². The van der Waals surface area contributed by atoms with Crippen LogP contribution in [-0.4, -0.2) is 55.7 Å². The van der Waals surface area contributed by atoms with Crippen LogP contribution in [0.1, 0.15) is 16.2 Å². The highest BCUT2D eigenvalue weighted by Gasteiger charge is 2.53. The third-order valence-electron chi connectivity index (χ3n) is 4.16. The first kappa shape index (κ1) is 16.2. The Morgan fingerprint density at radius 3 is 2.54 bits per heavy atom. The Labute approximate surface area is 133 Å². The Bertz CT molecular complexity index is 817. The normalized spacial score (nSPS) is 21.4. The van der Waals surface area contributed by atoms with Crippen LogP contribution in [0.15, 0.2) is 18.3 Å². The molecule has 3 rings (SSSR count). The second kappa shape index (κ2) is 5.46. The lowest BCUT2D eigenvalue weighted by Gasteiger charge is -2.18. The van der Waals surface area contributed by atoms with E-state index in [9.17, 15) is 22.8 Å². The summed E-state index contributed by atoms with van der Waals surface area (Å²) in [4.78, 5) is 24.5. The lowest BCUT2D eigenvalue weighted by Crippen LogP contribution is -2.34. The fraction of sp³-hybridized carbons (Fsp3) is 0.429. The number of fused-ring (bicyclic) bond motifs is 1. The number of carbonyl (C=O) groups is 2. The lowest BCUT2D eigenvalue weighted by molar-refractivity contribution is -0.187. The van der Waals surface area contributed by atoms with Gasteiger partial charge in [0.05, 0.1) is 17.4 Å². The summed E-state index contributed by atoms with van der Waals surface area (Å²) >= 11 is 0. The average Bonchev–Trinajstić information content (AvgIpc) is 3.11. The first-order valence-electron chi connectivity index (χ1n) is 7.08.